The van der Waals surface area contributed by atoms with Gasteiger partial charge in [0.25, 0.3) is 5.91 Å². The van der Waals surface area contributed by atoms with Gasteiger partial charge in [-0.1, -0.05) is 32.0 Å². The molecule has 2 rings (SSSR count). The van der Waals surface area contributed by atoms with Crippen LogP contribution in [0.3, 0.4) is 0 Å². The largest absolute Gasteiger partial charge is 0.480 e. The predicted octanol–water partition coefficient (Wildman–Crippen LogP) is 1.76. The quantitative estimate of drug-likeness (QED) is 0.860. The molecule has 1 heterocycles. The van der Waals surface area contributed by atoms with Crippen LogP contribution in [-0.4, -0.2) is 46.9 Å². The molecule has 0 spiro atoms. The first kappa shape index (κ1) is 18.0. The first-order valence-electron chi connectivity index (χ1n) is 8.27. The van der Waals surface area contributed by atoms with Gasteiger partial charge in [-0.05, 0) is 30.9 Å². The molecule has 1 aromatic rings. The van der Waals surface area contributed by atoms with Crippen molar-refractivity contribution in [2.24, 2.45) is 11.8 Å². The first-order chi connectivity index (χ1) is 11.4. The minimum atomic E-state index is -1.04. The highest BCUT2D eigenvalue weighted by Gasteiger charge is 2.32. The van der Waals surface area contributed by atoms with E-state index in [0.717, 1.165) is 6.42 Å². The van der Waals surface area contributed by atoms with Crippen LogP contribution in [-0.2, 0) is 9.59 Å². The van der Waals surface area contributed by atoms with E-state index in [0.29, 0.717) is 25.1 Å². The number of hydrogen-bond donors (Lipinski definition) is 2. The third kappa shape index (κ3) is 4.34. The fourth-order valence-corrected chi connectivity index (χ4v) is 2.92. The first-order valence-corrected chi connectivity index (χ1v) is 8.27. The molecule has 0 saturated carbocycles. The number of hydrogen-bond acceptors (Lipinski definition) is 3. The van der Waals surface area contributed by atoms with E-state index in [1.165, 1.54) is 0 Å². The number of nitrogens with one attached hydrogen (secondary N) is 1. The third-order valence-electron chi connectivity index (χ3n) is 4.33. The van der Waals surface area contributed by atoms with Crippen LogP contribution in [0, 0.1) is 11.8 Å². The van der Waals surface area contributed by atoms with Crippen molar-refractivity contribution in [3.05, 3.63) is 35.9 Å². The van der Waals surface area contributed by atoms with Crippen LogP contribution >= 0.6 is 0 Å². The molecule has 1 aliphatic heterocycles. The molecule has 0 bridgehead atoms. The number of carboxylic acid groups (broad SMARTS) is 1. The van der Waals surface area contributed by atoms with Gasteiger partial charge in [0.2, 0.25) is 5.91 Å². The molecule has 2 amide bonds. The predicted molar refractivity (Wildman–Crippen MR) is 89.5 cm³/mol. The smallest absolute Gasteiger partial charge is 0.326 e. The zero-order chi connectivity index (χ0) is 17.7. The lowest BCUT2D eigenvalue weighted by atomic mass is 9.95. The van der Waals surface area contributed by atoms with Crippen molar-refractivity contribution in [3.8, 4) is 0 Å². The van der Waals surface area contributed by atoms with Gasteiger partial charge in [-0.15, -0.1) is 0 Å². The average molecular weight is 332 g/mol. The molecule has 2 N–H and O–H groups in total. The zero-order valence-electron chi connectivity index (χ0n) is 14.1. The Morgan fingerprint density at radius 3 is 2.46 bits per heavy atom. The molecule has 1 saturated heterocycles. The van der Waals surface area contributed by atoms with Gasteiger partial charge in [0.15, 0.2) is 0 Å². The number of aliphatic carboxylic acids is 1. The topological polar surface area (TPSA) is 86.7 Å². The van der Waals surface area contributed by atoms with Gasteiger partial charge in [0.05, 0.1) is 5.92 Å². The average Bonchev–Trinajstić information content (AvgIpc) is 2.59. The summed E-state index contributed by atoms with van der Waals surface area (Å²) in [5.74, 6) is -1.98. The highest BCUT2D eigenvalue weighted by molar-refractivity contribution is 5.94. The SMILES string of the molecule is CC(C)[C@@H](NC(=O)C1CCCN(C(=O)c2ccccc2)C1)C(=O)O. The number of rotatable bonds is 5. The van der Waals surface area contributed by atoms with Gasteiger partial charge in [-0.25, -0.2) is 4.79 Å². The van der Waals surface area contributed by atoms with Crippen LogP contribution in [0.25, 0.3) is 0 Å². The fourth-order valence-electron chi connectivity index (χ4n) is 2.92. The summed E-state index contributed by atoms with van der Waals surface area (Å²) in [6.07, 6.45) is 1.39. The number of amides is 2. The maximum atomic E-state index is 12.5. The Morgan fingerprint density at radius 2 is 1.88 bits per heavy atom. The number of benzene rings is 1. The van der Waals surface area contributed by atoms with Gasteiger partial charge in [-0.2, -0.15) is 0 Å². The molecule has 0 radical (unpaired) electrons. The van der Waals surface area contributed by atoms with E-state index >= 15 is 0 Å². The fraction of sp³-hybridized carbons (Fsp3) is 0.500. The van der Waals surface area contributed by atoms with Gasteiger partial charge >= 0.3 is 5.97 Å². The molecule has 2 atom stereocenters. The van der Waals surface area contributed by atoms with E-state index in [-0.39, 0.29) is 23.7 Å². The summed E-state index contributed by atoms with van der Waals surface area (Å²) in [5, 5.41) is 11.8. The molecule has 6 heteroatoms. The van der Waals surface area contributed by atoms with E-state index in [1.54, 1.807) is 30.9 Å². The summed E-state index contributed by atoms with van der Waals surface area (Å²) >= 11 is 0. The molecule has 0 aromatic heterocycles. The molecule has 130 valence electrons. The highest BCUT2D eigenvalue weighted by atomic mass is 16.4. The van der Waals surface area contributed by atoms with Crippen LogP contribution < -0.4 is 5.32 Å². The zero-order valence-corrected chi connectivity index (χ0v) is 14.1. The van der Waals surface area contributed by atoms with Crippen LogP contribution in [0.2, 0.25) is 0 Å². The second-order valence-corrected chi connectivity index (χ2v) is 6.52. The lowest BCUT2D eigenvalue weighted by Gasteiger charge is -2.33. The van der Waals surface area contributed by atoms with Crippen molar-refractivity contribution in [2.45, 2.75) is 32.7 Å². The van der Waals surface area contributed by atoms with Crippen molar-refractivity contribution < 1.29 is 19.5 Å². The molecular formula is C18H24N2O4. The highest BCUT2D eigenvalue weighted by Crippen LogP contribution is 2.19. The van der Waals surface area contributed by atoms with Crippen LogP contribution in [0.1, 0.15) is 37.0 Å². The van der Waals surface area contributed by atoms with E-state index in [4.69, 9.17) is 0 Å². The van der Waals surface area contributed by atoms with Crippen molar-refractivity contribution >= 4 is 17.8 Å². The molecule has 1 unspecified atom stereocenters. The van der Waals surface area contributed by atoms with Gasteiger partial charge < -0.3 is 15.3 Å². The Bertz CT molecular complexity index is 600. The number of carboxylic acids is 1. The van der Waals surface area contributed by atoms with Crippen molar-refractivity contribution in [1.82, 2.24) is 10.2 Å². The Hall–Kier alpha value is -2.37. The van der Waals surface area contributed by atoms with Gasteiger partial charge in [-0.3, -0.25) is 9.59 Å². The molecule has 0 aliphatic carbocycles. The summed E-state index contributed by atoms with van der Waals surface area (Å²) in [5.41, 5.74) is 0.601. The van der Waals surface area contributed by atoms with Crippen LogP contribution in [0.4, 0.5) is 0 Å². The summed E-state index contributed by atoms with van der Waals surface area (Å²) in [4.78, 5) is 37.8. The standard InChI is InChI=1S/C18H24N2O4/c1-12(2)15(18(23)24)19-16(21)14-9-6-10-20(11-14)17(22)13-7-4-3-5-8-13/h3-5,7-8,12,14-15H,6,9-11H2,1-2H3,(H,19,21)(H,23,24)/t14?,15-/m1/s1. The minimum Gasteiger partial charge on any atom is -0.480 e. The van der Waals surface area contributed by atoms with E-state index in [1.807, 2.05) is 18.2 Å². The van der Waals surface area contributed by atoms with Crippen LogP contribution in [0.5, 0.6) is 0 Å². The summed E-state index contributed by atoms with van der Waals surface area (Å²) in [7, 11) is 0. The van der Waals surface area contributed by atoms with E-state index in [9.17, 15) is 19.5 Å². The Morgan fingerprint density at radius 1 is 1.21 bits per heavy atom. The maximum absolute atomic E-state index is 12.5. The van der Waals surface area contributed by atoms with Gasteiger partial charge in [0.1, 0.15) is 6.04 Å². The monoisotopic (exact) mass is 332 g/mol. The lowest BCUT2D eigenvalue weighted by Crippen LogP contribution is -2.50. The number of likely N-dealkylation sites (tertiary alicyclic amines) is 1. The molecular weight excluding hydrogens is 308 g/mol. The molecule has 1 fully saturated rings. The van der Waals surface area contributed by atoms with Crippen molar-refractivity contribution in [2.75, 3.05) is 13.1 Å². The molecule has 1 aromatic carbocycles. The normalized spacial score (nSPS) is 19.0. The number of nitrogens with zero attached hydrogens (tertiary/aromatic N) is 1. The van der Waals surface area contributed by atoms with Gasteiger partial charge in [0, 0.05) is 18.7 Å². The Kier molecular flexibility index (Phi) is 5.95. The van der Waals surface area contributed by atoms with Crippen LogP contribution in [0.15, 0.2) is 30.3 Å². The number of carbonyl (C=O) groups is 3. The van der Waals surface area contributed by atoms with Crippen molar-refractivity contribution in [1.29, 1.82) is 0 Å². The number of carbonyl (C=O) groups excluding carboxylic acids is 2. The Balaban J connectivity index is 2.01. The van der Waals surface area contributed by atoms with E-state index < -0.39 is 12.0 Å². The second kappa shape index (κ2) is 7.95. The Labute approximate surface area is 141 Å². The molecule has 1 aliphatic rings. The third-order valence-corrected chi connectivity index (χ3v) is 4.33. The molecule has 24 heavy (non-hydrogen) atoms. The number of piperidine rings is 1. The minimum absolute atomic E-state index is 0.0910. The van der Waals surface area contributed by atoms with E-state index in [2.05, 4.69) is 5.32 Å². The lowest BCUT2D eigenvalue weighted by molar-refractivity contribution is -0.144. The van der Waals surface area contributed by atoms with Crippen molar-refractivity contribution in [3.63, 3.8) is 0 Å². The summed E-state index contributed by atoms with van der Waals surface area (Å²) in [6, 6.07) is 8.07. The summed E-state index contributed by atoms with van der Waals surface area (Å²) < 4.78 is 0. The molecule has 6 nitrogen and oxygen atoms in total. The maximum Gasteiger partial charge on any atom is 0.326 e. The second-order valence-electron chi connectivity index (χ2n) is 6.52. The summed E-state index contributed by atoms with van der Waals surface area (Å²) in [6.45, 7) is 4.45.